The van der Waals surface area contributed by atoms with Crippen LogP contribution in [-0.2, 0) is 6.54 Å². The van der Waals surface area contributed by atoms with E-state index < -0.39 is 5.56 Å². The van der Waals surface area contributed by atoms with Gasteiger partial charge in [-0.05, 0) is 89.8 Å². The first-order chi connectivity index (χ1) is 20.4. The highest BCUT2D eigenvalue weighted by molar-refractivity contribution is 5.94. The summed E-state index contributed by atoms with van der Waals surface area (Å²) in [5.74, 6) is 1.63. The number of ether oxygens (including phenoxy) is 2. The number of hydrogen-bond donors (Lipinski definition) is 2. The first-order valence-electron chi connectivity index (χ1n) is 13.5. The van der Waals surface area contributed by atoms with Gasteiger partial charge in [-0.3, -0.25) is 14.6 Å². The number of hydrogen-bond acceptors (Lipinski definition) is 7. The van der Waals surface area contributed by atoms with E-state index >= 15 is 0 Å². The first kappa shape index (κ1) is 28.1. The third-order valence-electron chi connectivity index (χ3n) is 6.63. The Morgan fingerprint density at radius 2 is 1.67 bits per heavy atom. The summed E-state index contributed by atoms with van der Waals surface area (Å²) in [7, 11) is 1.58. The molecular weight excluding hydrogens is 530 g/mol. The lowest BCUT2D eigenvalue weighted by Crippen LogP contribution is -2.24. The van der Waals surface area contributed by atoms with E-state index in [9.17, 15) is 9.59 Å². The largest absolute Gasteiger partial charge is 0.497 e. The molecule has 0 saturated heterocycles. The quantitative estimate of drug-likeness (QED) is 0.208. The van der Waals surface area contributed by atoms with Crippen LogP contribution < -0.4 is 25.7 Å². The Bertz CT molecular complexity index is 1720. The van der Waals surface area contributed by atoms with E-state index in [0.717, 1.165) is 11.1 Å². The molecule has 2 N–H and O–H groups in total. The minimum Gasteiger partial charge on any atom is -0.497 e. The van der Waals surface area contributed by atoms with Crippen molar-refractivity contribution in [1.82, 2.24) is 20.1 Å². The third-order valence-corrected chi connectivity index (χ3v) is 6.63. The second-order valence-corrected chi connectivity index (χ2v) is 9.87. The summed E-state index contributed by atoms with van der Waals surface area (Å²) in [4.78, 5) is 30.4. The molecule has 5 rings (SSSR count). The van der Waals surface area contributed by atoms with E-state index in [2.05, 4.69) is 34.6 Å². The lowest BCUT2D eigenvalue weighted by Gasteiger charge is -2.16. The van der Waals surface area contributed by atoms with E-state index in [-0.39, 0.29) is 17.3 Å². The van der Waals surface area contributed by atoms with Crippen LogP contribution in [0.5, 0.6) is 17.2 Å². The molecule has 0 aliphatic rings. The number of carbonyl (C=O) groups is 1. The highest BCUT2D eigenvalue weighted by atomic mass is 16.5. The van der Waals surface area contributed by atoms with Crippen LogP contribution in [0.4, 0.5) is 11.4 Å². The second-order valence-electron chi connectivity index (χ2n) is 9.87. The average molecular weight is 562 g/mol. The molecule has 9 heteroatoms. The zero-order chi connectivity index (χ0) is 29.5. The first-order valence-corrected chi connectivity index (χ1v) is 13.5. The summed E-state index contributed by atoms with van der Waals surface area (Å²) in [6.45, 7) is 4.60. The number of methoxy groups -OCH3 is 1. The molecule has 0 atom stereocenters. The Hall–Kier alpha value is -5.44. The maximum atomic E-state index is 13.8. The topological polar surface area (TPSA) is 107 Å². The maximum absolute atomic E-state index is 13.8. The predicted molar refractivity (Wildman–Crippen MR) is 162 cm³/mol. The molecule has 0 bridgehead atoms. The zero-order valence-electron chi connectivity index (χ0n) is 23.6. The Balaban J connectivity index is 1.43. The number of carbonyl (C=O) groups excluding carboxylic acids is 1. The number of rotatable bonds is 10. The van der Waals surface area contributed by atoms with Crippen LogP contribution in [-0.4, -0.2) is 27.8 Å². The number of benzene rings is 3. The van der Waals surface area contributed by atoms with Gasteiger partial charge in [-0.1, -0.05) is 26.0 Å². The fourth-order valence-corrected chi connectivity index (χ4v) is 4.24. The fourth-order valence-electron chi connectivity index (χ4n) is 4.24. The number of aromatic nitrogens is 3. The van der Waals surface area contributed by atoms with Crippen molar-refractivity contribution < 1.29 is 14.3 Å². The molecule has 0 unspecified atom stereocenters. The van der Waals surface area contributed by atoms with Crippen LogP contribution in [0.3, 0.4) is 0 Å². The monoisotopic (exact) mass is 561 g/mol. The molecule has 0 aliphatic heterocycles. The molecule has 2 aromatic heterocycles. The second kappa shape index (κ2) is 12.8. The zero-order valence-corrected chi connectivity index (χ0v) is 23.6. The molecule has 212 valence electrons. The normalized spacial score (nSPS) is 10.8. The van der Waals surface area contributed by atoms with Gasteiger partial charge >= 0.3 is 0 Å². The molecule has 2 heterocycles. The highest BCUT2D eigenvalue weighted by Gasteiger charge is 2.16. The van der Waals surface area contributed by atoms with Gasteiger partial charge in [-0.2, -0.15) is 9.78 Å². The van der Waals surface area contributed by atoms with Crippen molar-refractivity contribution in [2.75, 3.05) is 12.4 Å². The van der Waals surface area contributed by atoms with Gasteiger partial charge in [0, 0.05) is 30.2 Å². The minimum atomic E-state index is -0.406. The van der Waals surface area contributed by atoms with Crippen molar-refractivity contribution in [3.05, 3.63) is 131 Å². The molecule has 9 nitrogen and oxygen atoms in total. The number of anilines is 2. The smallest absolute Gasteiger partial charge is 0.299 e. The number of pyridine rings is 1. The molecule has 3 aromatic carbocycles. The molecule has 42 heavy (non-hydrogen) atoms. The van der Waals surface area contributed by atoms with Crippen LogP contribution in [0.1, 0.15) is 41.3 Å². The molecule has 0 aliphatic carbocycles. The van der Waals surface area contributed by atoms with E-state index in [4.69, 9.17) is 9.47 Å². The highest BCUT2D eigenvalue weighted by Crippen LogP contribution is 2.30. The SMILES string of the molecule is COc1ccc(-n2ncc(Oc3cccc(C(C)C)c3)c(Nc3ccc(C(=O)NCc4ccncc4)cc3)c2=O)cc1. The van der Waals surface area contributed by atoms with Crippen LogP contribution in [0, 0.1) is 0 Å². The van der Waals surface area contributed by atoms with Crippen molar-refractivity contribution >= 4 is 17.3 Å². The van der Waals surface area contributed by atoms with Crippen molar-refractivity contribution in [3.8, 4) is 22.9 Å². The van der Waals surface area contributed by atoms with Crippen LogP contribution in [0.25, 0.3) is 5.69 Å². The molecule has 0 radical (unpaired) electrons. The van der Waals surface area contributed by atoms with Gasteiger partial charge < -0.3 is 20.1 Å². The van der Waals surface area contributed by atoms with E-state index in [0.29, 0.717) is 40.9 Å². The Morgan fingerprint density at radius 1 is 0.929 bits per heavy atom. The molecule has 0 spiro atoms. The lowest BCUT2D eigenvalue weighted by molar-refractivity contribution is 0.0951. The van der Waals surface area contributed by atoms with Crippen LogP contribution >= 0.6 is 0 Å². The average Bonchev–Trinajstić information content (AvgIpc) is 3.02. The molecule has 1 amide bonds. The third kappa shape index (κ3) is 6.64. The molecular formula is C33H31N5O4. The summed E-state index contributed by atoms with van der Waals surface area (Å²) >= 11 is 0. The van der Waals surface area contributed by atoms with Crippen LogP contribution in [0.2, 0.25) is 0 Å². The van der Waals surface area contributed by atoms with Crippen LogP contribution in [0.15, 0.2) is 108 Å². The fraction of sp³-hybridized carbons (Fsp3) is 0.152. The maximum Gasteiger partial charge on any atom is 0.299 e. The number of nitrogens with zero attached hydrogens (tertiary/aromatic N) is 3. The number of amides is 1. The minimum absolute atomic E-state index is 0.200. The standard InChI is InChI=1S/C33H31N5O4/c1-22(2)25-5-4-6-29(19-25)42-30-21-36-38(27-11-13-28(41-3)14-12-27)33(40)31(30)37-26-9-7-24(8-10-26)32(39)35-20-23-15-17-34-18-16-23/h4-19,21-22,37H,20H2,1-3H3,(H,35,39). The van der Waals surface area contributed by atoms with Gasteiger partial charge in [0.2, 0.25) is 0 Å². The molecule has 5 aromatic rings. The summed E-state index contributed by atoms with van der Waals surface area (Å²) < 4.78 is 12.7. The molecule has 0 fully saturated rings. The van der Waals surface area contributed by atoms with Gasteiger partial charge in [0.15, 0.2) is 11.4 Å². The van der Waals surface area contributed by atoms with Crippen molar-refractivity contribution in [2.24, 2.45) is 0 Å². The van der Waals surface area contributed by atoms with E-state index in [1.165, 1.54) is 10.9 Å². The van der Waals surface area contributed by atoms with E-state index in [1.54, 1.807) is 68.0 Å². The van der Waals surface area contributed by atoms with Gasteiger partial charge in [0.25, 0.3) is 11.5 Å². The summed E-state index contributed by atoms with van der Waals surface area (Å²) in [6.07, 6.45) is 4.88. The van der Waals surface area contributed by atoms with Crippen molar-refractivity contribution in [3.63, 3.8) is 0 Å². The number of nitrogens with one attached hydrogen (secondary N) is 2. The van der Waals surface area contributed by atoms with Crippen molar-refractivity contribution in [2.45, 2.75) is 26.3 Å². The summed E-state index contributed by atoms with van der Waals surface area (Å²) in [6, 6.07) is 25.3. The van der Waals surface area contributed by atoms with E-state index in [1.807, 2.05) is 36.4 Å². The summed E-state index contributed by atoms with van der Waals surface area (Å²) in [5, 5.41) is 10.5. The van der Waals surface area contributed by atoms with Crippen molar-refractivity contribution in [1.29, 1.82) is 0 Å². The summed E-state index contributed by atoms with van der Waals surface area (Å²) in [5.41, 5.74) is 3.52. The lowest BCUT2D eigenvalue weighted by atomic mass is 10.0. The van der Waals surface area contributed by atoms with Gasteiger partial charge in [0.1, 0.15) is 11.5 Å². The van der Waals surface area contributed by atoms with Gasteiger partial charge in [-0.25, -0.2) is 0 Å². The Kier molecular flexibility index (Phi) is 8.58. The Labute approximate surface area is 243 Å². The van der Waals surface area contributed by atoms with Gasteiger partial charge in [-0.15, -0.1) is 0 Å². The molecule has 0 saturated carbocycles. The van der Waals surface area contributed by atoms with Gasteiger partial charge in [0.05, 0.1) is 19.0 Å². The Morgan fingerprint density at radius 3 is 2.36 bits per heavy atom. The predicted octanol–water partition coefficient (Wildman–Crippen LogP) is 6.23.